The molecule has 1 heterocycles. The third-order valence-corrected chi connectivity index (χ3v) is 3.54. The van der Waals surface area contributed by atoms with E-state index in [-0.39, 0.29) is 0 Å². The number of hydrogen-bond acceptors (Lipinski definition) is 4. The van der Waals surface area contributed by atoms with Crippen LogP contribution in [0.4, 0.5) is 0 Å². The number of rotatable bonds is 5. The molecule has 0 aliphatic heterocycles. The van der Waals surface area contributed by atoms with Gasteiger partial charge in [-0.05, 0) is 36.2 Å². The predicted molar refractivity (Wildman–Crippen MR) is 91.1 cm³/mol. The number of aromatic nitrogens is 2. The SMILES string of the molecule is CC(C)COc1cccc(-c2nc3ccc(C(=O)NO)cc3[nH]2)c1. The summed E-state index contributed by atoms with van der Waals surface area (Å²) < 4.78 is 5.75. The molecule has 0 atom stereocenters. The average Bonchev–Trinajstić information content (AvgIpc) is 3.02. The molecular formula is C18H19N3O3. The van der Waals surface area contributed by atoms with Crippen LogP contribution in [0.2, 0.25) is 0 Å². The van der Waals surface area contributed by atoms with Crippen LogP contribution in [0.3, 0.4) is 0 Å². The molecule has 24 heavy (non-hydrogen) atoms. The van der Waals surface area contributed by atoms with E-state index < -0.39 is 5.91 Å². The number of ether oxygens (including phenoxy) is 1. The van der Waals surface area contributed by atoms with E-state index in [1.165, 1.54) is 0 Å². The number of amides is 1. The maximum atomic E-state index is 11.5. The molecule has 2 aromatic carbocycles. The Balaban J connectivity index is 1.92. The van der Waals surface area contributed by atoms with Gasteiger partial charge in [0.15, 0.2) is 0 Å². The van der Waals surface area contributed by atoms with E-state index >= 15 is 0 Å². The molecule has 6 heteroatoms. The molecule has 3 rings (SSSR count). The molecule has 0 radical (unpaired) electrons. The Morgan fingerprint density at radius 1 is 1.29 bits per heavy atom. The van der Waals surface area contributed by atoms with E-state index in [1.54, 1.807) is 23.7 Å². The van der Waals surface area contributed by atoms with Crippen molar-refractivity contribution in [3.63, 3.8) is 0 Å². The molecule has 0 aliphatic carbocycles. The fourth-order valence-electron chi connectivity index (χ4n) is 2.35. The monoisotopic (exact) mass is 325 g/mol. The molecule has 0 fully saturated rings. The predicted octanol–water partition coefficient (Wildman–Crippen LogP) is 3.38. The molecule has 3 N–H and O–H groups in total. The average molecular weight is 325 g/mol. The molecule has 0 spiro atoms. The molecule has 1 aromatic heterocycles. The Labute approximate surface area is 139 Å². The number of carbonyl (C=O) groups excluding carboxylic acids is 1. The van der Waals surface area contributed by atoms with Crippen molar-refractivity contribution < 1.29 is 14.7 Å². The highest BCUT2D eigenvalue weighted by Crippen LogP contribution is 2.25. The molecular weight excluding hydrogens is 306 g/mol. The van der Waals surface area contributed by atoms with Crippen LogP contribution in [0.15, 0.2) is 42.5 Å². The Morgan fingerprint density at radius 3 is 2.88 bits per heavy atom. The van der Waals surface area contributed by atoms with Gasteiger partial charge in [-0.25, -0.2) is 10.5 Å². The molecule has 0 saturated carbocycles. The minimum absolute atomic E-state index is 0.356. The largest absolute Gasteiger partial charge is 0.493 e. The maximum Gasteiger partial charge on any atom is 0.274 e. The zero-order chi connectivity index (χ0) is 17.1. The second-order valence-electron chi connectivity index (χ2n) is 5.99. The number of hydrogen-bond donors (Lipinski definition) is 3. The van der Waals surface area contributed by atoms with Crippen LogP contribution in [0, 0.1) is 5.92 Å². The summed E-state index contributed by atoms with van der Waals surface area (Å²) in [6.45, 7) is 4.86. The van der Waals surface area contributed by atoms with Crippen LogP contribution in [0.1, 0.15) is 24.2 Å². The number of fused-ring (bicyclic) bond motifs is 1. The number of hydroxylamine groups is 1. The first-order valence-electron chi connectivity index (χ1n) is 7.74. The summed E-state index contributed by atoms with van der Waals surface area (Å²) in [7, 11) is 0. The summed E-state index contributed by atoms with van der Waals surface area (Å²) >= 11 is 0. The molecule has 124 valence electrons. The third-order valence-electron chi connectivity index (χ3n) is 3.54. The minimum atomic E-state index is -0.558. The Morgan fingerprint density at radius 2 is 2.12 bits per heavy atom. The number of benzene rings is 2. The number of imidazole rings is 1. The van der Waals surface area contributed by atoms with Gasteiger partial charge in [0, 0.05) is 11.1 Å². The van der Waals surface area contributed by atoms with Gasteiger partial charge in [-0.2, -0.15) is 0 Å². The fraction of sp³-hybridized carbons (Fsp3) is 0.222. The Kier molecular flexibility index (Phi) is 4.48. The first kappa shape index (κ1) is 16.0. The van der Waals surface area contributed by atoms with E-state index in [2.05, 4.69) is 23.8 Å². The first-order valence-corrected chi connectivity index (χ1v) is 7.74. The summed E-state index contributed by atoms with van der Waals surface area (Å²) in [5, 5.41) is 8.72. The molecule has 3 aromatic rings. The number of nitrogens with zero attached hydrogens (tertiary/aromatic N) is 1. The zero-order valence-electron chi connectivity index (χ0n) is 13.5. The standard InChI is InChI=1S/C18H19N3O3/c1-11(2)10-24-14-5-3-4-12(8-14)17-19-15-7-6-13(18(22)21-23)9-16(15)20-17/h3-9,11,23H,10H2,1-2H3,(H,19,20)(H,21,22). The first-order chi connectivity index (χ1) is 11.6. The number of H-pyrrole nitrogens is 1. The lowest BCUT2D eigenvalue weighted by Gasteiger charge is -2.09. The van der Waals surface area contributed by atoms with Crippen LogP contribution in [0.25, 0.3) is 22.4 Å². The van der Waals surface area contributed by atoms with Gasteiger partial charge in [0.05, 0.1) is 17.6 Å². The van der Waals surface area contributed by atoms with Crippen LogP contribution >= 0.6 is 0 Å². The molecule has 0 unspecified atom stereocenters. The molecule has 6 nitrogen and oxygen atoms in total. The third kappa shape index (κ3) is 3.38. The maximum absolute atomic E-state index is 11.5. The number of aromatic amines is 1. The fourth-order valence-corrected chi connectivity index (χ4v) is 2.35. The van der Waals surface area contributed by atoms with Gasteiger partial charge in [-0.15, -0.1) is 0 Å². The molecule has 0 bridgehead atoms. The van der Waals surface area contributed by atoms with Crippen molar-refractivity contribution >= 4 is 16.9 Å². The van der Waals surface area contributed by atoms with Gasteiger partial charge in [-0.3, -0.25) is 10.0 Å². The van der Waals surface area contributed by atoms with Crippen molar-refractivity contribution in [3.05, 3.63) is 48.0 Å². The van der Waals surface area contributed by atoms with Crippen molar-refractivity contribution in [2.45, 2.75) is 13.8 Å². The summed E-state index contributed by atoms with van der Waals surface area (Å²) in [5.74, 6) is 1.39. The van der Waals surface area contributed by atoms with Crippen molar-refractivity contribution in [2.75, 3.05) is 6.61 Å². The van der Waals surface area contributed by atoms with E-state index in [9.17, 15) is 4.79 Å². The lowest BCUT2D eigenvalue weighted by molar-refractivity contribution is 0.0706. The van der Waals surface area contributed by atoms with Gasteiger partial charge in [0.25, 0.3) is 5.91 Å². The van der Waals surface area contributed by atoms with E-state index in [0.717, 1.165) is 22.3 Å². The van der Waals surface area contributed by atoms with Crippen LogP contribution < -0.4 is 10.2 Å². The molecule has 0 saturated heterocycles. The summed E-state index contributed by atoms with van der Waals surface area (Å²) in [4.78, 5) is 19.2. The zero-order valence-corrected chi connectivity index (χ0v) is 13.5. The highest BCUT2D eigenvalue weighted by Gasteiger charge is 2.10. The van der Waals surface area contributed by atoms with Gasteiger partial charge in [-0.1, -0.05) is 26.0 Å². The van der Waals surface area contributed by atoms with Crippen molar-refractivity contribution in [2.24, 2.45) is 5.92 Å². The van der Waals surface area contributed by atoms with Gasteiger partial charge >= 0.3 is 0 Å². The van der Waals surface area contributed by atoms with Crippen LogP contribution in [-0.4, -0.2) is 27.7 Å². The summed E-state index contributed by atoms with van der Waals surface area (Å²) in [6.07, 6.45) is 0. The molecule has 1 amide bonds. The van der Waals surface area contributed by atoms with E-state index in [4.69, 9.17) is 9.94 Å². The number of nitrogens with one attached hydrogen (secondary N) is 2. The van der Waals surface area contributed by atoms with Crippen molar-refractivity contribution in [3.8, 4) is 17.1 Å². The normalized spacial score (nSPS) is 11.0. The Hall–Kier alpha value is -2.86. The highest BCUT2D eigenvalue weighted by atomic mass is 16.5. The second kappa shape index (κ2) is 6.72. The lowest BCUT2D eigenvalue weighted by atomic mass is 10.2. The van der Waals surface area contributed by atoms with Crippen LogP contribution in [0.5, 0.6) is 5.75 Å². The van der Waals surface area contributed by atoms with E-state index in [0.29, 0.717) is 23.9 Å². The topological polar surface area (TPSA) is 87.2 Å². The summed E-state index contributed by atoms with van der Waals surface area (Å²) in [5.41, 5.74) is 4.35. The second-order valence-corrected chi connectivity index (χ2v) is 5.99. The minimum Gasteiger partial charge on any atom is -0.493 e. The quantitative estimate of drug-likeness (QED) is 0.496. The van der Waals surface area contributed by atoms with E-state index in [1.807, 2.05) is 24.3 Å². The van der Waals surface area contributed by atoms with Gasteiger partial charge < -0.3 is 9.72 Å². The van der Waals surface area contributed by atoms with Gasteiger partial charge in [0.2, 0.25) is 0 Å². The smallest absolute Gasteiger partial charge is 0.274 e. The number of carbonyl (C=O) groups is 1. The highest BCUT2D eigenvalue weighted by molar-refractivity contribution is 5.97. The van der Waals surface area contributed by atoms with Crippen LogP contribution in [-0.2, 0) is 0 Å². The molecule has 0 aliphatic rings. The Bertz CT molecular complexity index is 871. The van der Waals surface area contributed by atoms with Crippen molar-refractivity contribution in [1.29, 1.82) is 0 Å². The van der Waals surface area contributed by atoms with Crippen molar-refractivity contribution in [1.82, 2.24) is 15.4 Å². The van der Waals surface area contributed by atoms with Gasteiger partial charge in [0.1, 0.15) is 11.6 Å². The summed E-state index contributed by atoms with van der Waals surface area (Å²) in [6, 6.07) is 12.7. The lowest BCUT2D eigenvalue weighted by Crippen LogP contribution is -2.18.